The van der Waals surface area contributed by atoms with Crippen LogP contribution in [0.15, 0.2) is 48.9 Å². The first-order valence-electron chi connectivity index (χ1n) is 10.5. The highest BCUT2D eigenvalue weighted by atomic mass is 35.5. The van der Waals surface area contributed by atoms with Crippen molar-refractivity contribution in [2.75, 3.05) is 5.32 Å². The van der Waals surface area contributed by atoms with Crippen molar-refractivity contribution in [3.05, 3.63) is 76.6 Å². The fourth-order valence-corrected chi connectivity index (χ4v) is 3.46. The maximum atomic E-state index is 13.3. The zero-order valence-corrected chi connectivity index (χ0v) is 19.2. The monoisotopic (exact) mass is 504 g/mol. The van der Waals surface area contributed by atoms with Crippen LogP contribution in [-0.2, 0) is 17.5 Å². The van der Waals surface area contributed by atoms with Crippen LogP contribution in [-0.4, -0.2) is 32.3 Å². The molecule has 12 heteroatoms. The quantitative estimate of drug-likeness (QED) is 0.445. The molecule has 0 radical (unpaired) electrons. The van der Waals surface area contributed by atoms with Crippen LogP contribution < -0.4 is 16.0 Å². The van der Waals surface area contributed by atoms with E-state index in [-0.39, 0.29) is 28.7 Å². The Hall–Kier alpha value is -3.73. The van der Waals surface area contributed by atoms with Crippen LogP contribution in [0, 0.1) is 6.92 Å². The number of halogens is 4. The number of carbonyl (C=O) groups is 2. The maximum absolute atomic E-state index is 13.3. The van der Waals surface area contributed by atoms with Crippen LogP contribution >= 0.6 is 11.6 Å². The molecule has 4 rings (SSSR count). The van der Waals surface area contributed by atoms with Gasteiger partial charge in [0.2, 0.25) is 5.91 Å². The summed E-state index contributed by atoms with van der Waals surface area (Å²) in [6.45, 7) is 1.78. The minimum atomic E-state index is -4.58. The first-order valence-corrected chi connectivity index (χ1v) is 10.9. The van der Waals surface area contributed by atoms with Gasteiger partial charge in [0.15, 0.2) is 0 Å². The van der Waals surface area contributed by atoms with E-state index in [1.165, 1.54) is 30.7 Å². The molecular formula is C23H20ClF3N6O2. The first-order chi connectivity index (χ1) is 16.6. The van der Waals surface area contributed by atoms with E-state index in [4.69, 9.17) is 11.6 Å². The Labute approximate surface area is 203 Å². The molecule has 3 aromatic rings. The van der Waals surface area contributed by atoms with E-state index in [0.29, 0.717) is 30.0 Å². The second-order valence-corrected chi connectivity index (χ2v) is 8.53. The Morgan fingerprint density at radius 1 is 1.06 bits per heavy atom. The molecule has 0 bridgehead atoms. The van der Waals surface area contributed by atoms with E-state index in [9.17, 15) is 22.8 Å². The minimum absolute atomic E-state index is 0.0242. The maximum Gasteiger partial charge on any atom is 0.418 e. The summed E-state index contributed by atoms with van der Waals surface area (Å²) in [4.78, 5) is 37.2. The SMILES string of the molecule is Cc1ncc(C(=O)NC2(C(=O)NCc3ccc(Nc4ccc(Cl)cc4C(F)(F)F)cn3)CC2)cn1. The van der Waals surface area contributed by atoms with Gasteiger partial charge in [-0.15, -0.1) is 0 Å². The summed E-state index contributed by atoms with van der Waals surface area (Å²) in [6.07, 6.45) is 0.569. The molecule has 0 saturated heterocycles. The van der Waals surface area contributed by atoms with Crippen LogP contribution in [0.3, 0.4) is 0 Å². The van der Waals surface area contributed by atoms with Gasteiger partial charge >= 0.3 is 6.18 Å². The topological polar surface area (TPSA) is 109 Å². The molecule has 2 heterocycles. The van der Waals surface area contributed by atoms with Crippen LogP contribution in [0.2, 0.25) is 5.02 Å². The van der Waals surface area contributed by atoms with Crippen LogP contribution in [0.5, 0.6) is 0 Å². The molecule has 182 valence electrons. The molecule has 0 atom stereocenters. The van der Waals surface area contributed by atoms with Gasteiger partial charge in [-0.25, -0.2) is 9.97 Å². The third-order valence-corrected chi connectivity index (χ3v) is 5.64. The Morgan fingerprint density at radius 3 is 2.37 bits per heavy atom. The lowest BCUT2D eigenvalue weighted by Gasteiger charge is -2.17. The Bertz CT molecular complexity index is 1250. The molecule has 0 aliphatic heterocycles. The lowest BCUT2D eigenvalue weighted by atomic mass is 10.1. The van der Waals surface area contributed by atoms with Crippen molar-refractivity contribution < 1.29 is 22.8 Å². The normalized spacial score (nSPS) is 14.2. The Morgan fingerprint density at radius 2 is 1.77 bits per heavy atom. The molecule has 0 unspecified atom stereocenters. The lowest BCUT2D eigenvalue weighted by molar-refractivity contribution is -0.137. The van der Waals surface area contributed by atoms with Gasteiger partial charge in [0, 0.05) is 17.4 Å². The fourth-order valence-electron chi connectivity index (χ4n) is 3.29. The van der Waals surface area contributed by atoms with Crippen molar-refractivity contribution in [2.45, 2.75) is 38.0 Å². The van der Waals surface area contributed by atoms with Crippen molar-refractivity contribution in [2.24, 2.45) is 0 Å². The predicted molar refractivity (Wildman–Crippen MR) is 122 cm³/mol. The molecule has 0 spiro atoms. The molecule has 8 nitrogen and oxygen atoms in total. The fraction of sp³-hybridized carbons (Fsp3) is 0.261. The summed E-state index contributed by atoms with van der Waals surface area (Å²) in [5.41, 5.74) is -0.963. The Balaban J connectivity index is 1.34. The number of alkyl halides is 3. The van der Waals surface area contributed by atoms with Crippen molar-refractivity contribution in [3.63, 3.8) is 0 Å². The third-order valence-electron chi connectivity index (χ3n) is 5.40. The number of rotatable bonds is 7. The number of nitrogens with one attached hydrogen (secondary N) is 3. The van der Waals surface area contributed by atoms with Crippen LogP contribution in [0.4, 0.5) is 24.5 Å². The van der Waals surface area contributed by atoms with Crippen molar-refractivity contribution in [1.29, 1.82) is 0 Å². The van der Waals surface area contributed by atoms with E-state index in [0.717, 1.165) is 6.07 Å². The van der Waals surface area contributed by atoms with Gasteiger partial charge < -0.3 is 16.0 Å². The second-order valence-electron chi connectivity index (χ2n) is 8.09. The largest absolute Gasteiger partial charge is 0.418 e. The molecule has 1 saturated carbocycles. The summed E-state index contributed by atoms with van der Waals surface area (Å²) in [5, 5.41) is 8.14. The lowest BCUT2D eigenvalue weighted by Crippen LogP contribution is -2.48. The smallest absolute Gasteiger partial charge is 0.354 e. The van der Waals surface area contributed by atoms with Gasteiger partial charge in [0.05, 0.1) is 40.9 Å². The number of hydrogen-bond donors (Lipinski definition) is 3. The number of amides is 2. The molecule has 35 heavy (non-hydrogen) atoms. The average Bonchev–Trinajstić information content (AvgIpc) is 3.60. The van der Waals surface area contributed by atoms with Crippen LogP contribution in [0.1, 0.15) is 40.3 Å². The first kappa shape index (κ1) is 24.4. The van der Waals surface area contributed by atoms with Crippen molar-refractivity contribution in [3.8, 4) is 0 Å². The molecule has 1 aliphatic rings. The van der Waals surface area contributed by atoms with Gasteiger partial charge in [-0.1, -0.05) is 11.6 Å². The summed E-state index contributed by atoms with van der Waals surface area (Å²) >= 11 is 5.70. The minimum Gasteiger partial charge on any atom is -0.354 e. The summed E-state index contributed by atoms with van der Waals surface area (Å²) in [6, 6.07) is 6.57. The number of anilines is 2. The van der Waals surface area contributed by atoms with Gasteiger partial charge in [-0.05, 0) is 50.1 Å². The van der Waals surface area contributed by atoms with Crippen LogP contribution in [0.25, 0.3) is 0 Å². The van der Waals surface area contributed by atoms with Gasteiger partial charge in [-0.2, -0.15) is 13.2 Å². The number of nitrogens with zero attached hydrogens (tertiary/aromatic N) is 3. The average molecular weight is 505 g/mol. The highest BCUT2D eigenvalue weighted by molar-refractivity contribution is 6.30. The van der Waals surface area contributed by atoms with E-state index >= 15 is 0 Å². The third kappa shape index (κ3) is 5.86. The van der Waals surface area contributed by atoms with E-state index < -0.39 is 23.2 Å². The molecule has 2 aromatic heterocycles. The van der Waals surface area contributed by atoms with Crippen molar-refractivity contribution >= 4 is 34.8 Å². The number of carbonyl (C=O) groups excluding carboxylic acids is 2. The predicted octanol–water partition coefficient (Wildman–Crippen LogP) is 4.17. The number of pyridine rings is 1. The van der Waals surface area contributed by atoms with Crippen molar-refractivity contribution in [1.82, 2.24) is 25.6 Å². The molecular weight excluding hydrogens is 485 g/mol. The Kier molecular flexibility index (Phi) is 6.62. The van der Waals surface area contributed by atoms with E-state index in [1.807, 2.05) is 0 Å². The highest BCUT2D eigenvalue weighted by Crippen LogP contribution is 2.38. The number of hydrogen-bond acceptors (Lipinski definition) is 6. The molecule has 3 N–H and O–H groups in total. The molecule has 1 fully saturated rings. The van der Waals surface area contributed by atoms with E-state index in [1.54, 1.807) is 19.1 Å². The second kappa shape index (κ2) is 9.49. The number of benzene rings is 1. The molecule has 1 aliphatic carbocycles. The summed E-state index contributed by atoms with van der Waals surface area (Å²) in [7, 11) is 0. The van der Waals surface area contributed by atoms with Gasteiger partial charge in [-0.3, -0.25) is 14.6 Å². The number of aryl methyl sites for hydroxylation is 1. The zero-order chi connectivity index (χ0) is 25.2. The zero-order valence-electron chi connectivity index (χ0n) is 18.4. The summed E-state index contributed by atoms with van der Waals surface area (Å²) in [5.74, 6) is -0.256. The van der Waals surface area contributed by atoms with Gasteiger partial charge in [0.25, 0.3) is 5.91 Å². The molecule has 1 aromatic carbocycles. The standard InChI is InChI=1S/C23H20ClF3N6O2/c1-13-28-9-14(10-29-13)20(34)33-22(6-7-22)21(35)31-11-16-3-4-17(12-30-16)32-19-5-2-15(24)8-18(19)23(25,26)27/h2-5,8-10,12,32H,6-7,11H2,1H3,(H,31,35)(H,33,34). The van der Waals surface area contributed by atoms with E-state index in [2.05, 4.69) is 30.9 Å². The highest BCUT2D eigenvalue weighted by Gasteiger charge is 2.51. The summed E-state index contributed by atoms with van der Waals surface area (Å²) < 4.78 is 39.8. The van der Waals surface area contributed by atoms with Gasteiger partial charge in [0.1, 0.15) is 11.4 Å². The molecule has 2 amide bonds. The number of aromatic nitrogens is 3.